The highest BCUT2D eigenvalue weighted by Gasteiger charge is 2.20. The van der Waals surface area contributed by atoms with Gasteiger partial charge in [-0.05, 0) is 56.1 Å². The van der Waals surface area contributed by atoms with E-state index >= 15 is 0 Å². The molecule has 2 rings (SSSR count). The lowest BCUT2D eigenvalue weighted by atomic mass is 9.86. The van der Waals surface area contributed by atoms with Gasteiger partial charge in [0.05, 0.1) is 12.8 Å². The molecule has 0 spiro atoms. The lowest BCUT2D eigenvalue weighted by Gasteiger charge is -2.31. The third-order valence-electron chi connectivity index (χ3n) is 4.14. The summed E-state index contributed by atoms with van der Waals surface area (Å²) in [6, 6.07) is 7.04. The first-order valence-corrected chi connectivity index (χ1v) is 7.54. The predicted molar refractivity (Wildman–Crippen MR) is 85.8 cm³/mol. The Morgan fingerprint density at radius 2 is 1.85 bits per heavy atom. The number of hydrogen-bond acceptors (Lipinski definition) is 3. The number of nitrogens with one attached hydrogen (secondary N) is 1. The third-order valence-corrected chi connectivity index (χ3v) is 4.14. The van der Waals surface area contributed by atoms with Gasteiger partial charge in [-0.1, -0.05) is 26.8 Å². The molecular weight excluding hydrogens is 248 g/mol. The SMILES string of the molecule is COc1ccc(C(C)(C)C)cc1NC1CCN(C)CC1. The number of hydrogen-bond donors (Lipinski definition) is 1. The van der Waals surface area contributed by atoms with Crippen molar-refractivity contribution in [2.24, 2.45) is 0 Å². The van der Waals surface area contributed by atoms with E-state index in [-0.39, 0.29) is 5.41 Å². The first-order chi connectivity index (χ1) is 9.40. The maximum atomic E-state index is 5.50. The van der Waals surface area contributed by atoms with Gasteiger partial charge >= 0.3 is 0 Å². The highest BCUT2D eigenvalue weighted by atomic mass is 16.5. The smallest absolute Gasteiger partial charge is 0.141 e. The van der Waals surface area contributed by atoms with Crippen LogP contribution in [0.1, 0.15) is 39.2 Å². The van der Waals surface area contributed by atoms with Crippen LogP contribution in [-0.2, 0) is 5.41 Å². The molecule has 112 valence electrons. The van der Waals surface area contributed by atoms with E-state index in [1.165, 1.54) is 31.5 Å². The van der Waals surface area contributed by atoms with Gasteiger partial charge in [0.25, 0.3) is 0 Å². The zero-order valence-corrected chi connectivity index (χ0v) is 13.5. The van der Waals surface area contributed by atoms with Crippen molar-refractivity contribution in [1.29, 1.82) is 0 Å². The standard InChI is InChI=1S/C17H28N2O/c1-17(2,3)13-6-7-16(20-5)15(12-13)18-14-8-10-19(4)11-9-14/h6-7,12,14,18H,8-11H2,1-5H3. The number of anilines is 1. The number of nitrogens with zero attached hydrogens (tertiary/aromatic N) is 1. The van der Waals surface area contributed by atoms with Gasteiger partial charge in [0.1, 0.15) is 5.75 Å². The average molecular weight is 276 g/mol. The first-order valence-electron chi connectivity index (χ1n) is 7.54. The normalized spacial score (nSPS) is 18.1. The van der Waals surface area contributed by atoms with E-state index in [1.807, 2.05) is 0 Å². The summed E-state index contributed by atoms with van der Waals surface area (Å²) in [7, 11) is 3.93. The monoisotopic (exact) mass is 276 g/mol. The Bertz CT molecular complexity index is 443. The summed E-state index contributed by atoms with van der Waals surface area (Å²) in [5.41, 5.74) is 2.64. The molecule has 20 heavy (non-hydrogen) atoms. The Morgan fingerprint density at radius 1 is 1.20 bits per heavy atom. The second-order valence-electron chi connectivity index (χ2n) is 6.89. The molecule has 1 heterocycles. The van der Waals surface area contributed by atoms with Crippen molar-refractivity contribution in [3.8, 4) is 5.75 Å². The van der Waals surface area contributed by atoms with Gasteiger partial charge in [-0.25, -0.2) is 0 Å². The Hall–Kier alpha value is -1.22. The van der Waals surface area contributed by atoms with Crippen molar-refractivity contribution in [2.45, 2.75) is 45.1 Å². The summed E-state index contributed by atoms with van der Waals surface area (Å²) >= 11 is 0. The average Bonchev–Trinajstić information content (AvgIpc) is 2.40. The quantitative estimate of drug-likeness (QED) is 0.914. The van der Waals surface area contributed by atoms with Crippen LogP contribution in [0.5, 0.6) is 5.75 Å². The van der Waals surface area contributed by atoms with Crippen LogP contribution in [0.25, 0.3) is 0 Å². The minimum absolute atomic E-state index is 0.162. The molecule has 1 fully saturated rings. The maximum Gasteiger partial charge on any atom is 0.141 e. The van der Waals surface area contributed by atoms with E-state index < -0.39 is 0 Å². The Balaban J connectivity index is 2.16. The van der Waals surface area contributed by atoms with Crippen molar-refractivity contribution < 1.29 is 4.74 Å². The molecule has 1 aromatic rings. The largest absolute Gasteiger partial charge is 0.495 e. The van der Waals surface area contributed by atoms with Crippen LogP contribution in [0.15, 0.2) is 18.2 Å². The van der Waals surface area contributed by atoms with E-state index in [2.05, 4.69) is 56.2 Å². The molecule has 1 aliphatic rings. The minimum atomic E-state index is 0.162. The van der Waals surface area contributed by atoms with Gasteiger partial charge in [-0.2, -0.15) is 0 Å². The summed E-state index contributed by atoms with van der Waals surface area (Å²) in [4.78, 5) is 2.39. The van der Waals surface area contributed by atoms with Crippen molar-refractivity contribution in [1.82, 2.24) is 4.90 Å². The summed E-state index contributed by atoms with van der Waals surface area (Å²) < 4.78 is 5.50. The van der Waals surface area contributed by atoms with Gasteiger partial charge in [0.2, 0.25) is 0 Å². The third kappa shape index (κ3) is 3.66. The van der Waals surface area contributed by atoms with Gasteiger partial charge in [0.15, 0.2) is 0 Å². The van der Waals surface area contributed by atoms with Crippen LogP contribution in [0, 0.1) is 0 Å². The van der Waals surface area contributed by atoms with Gasteiger partial charge in [-0.3, -0.25) is 0 Å². The molecule has 3 heteroatoms. The second kappa shape index (κ2) is 6.04. The van der Waals surface area contributed by atoms with Crippen LogP contribution in [-0.4, -0.2) is 38.2 Å². The molecule has 0 unspecified atom stereocenters. The lowest BCUT2D eigenvalue weighted by molar-refractivity contribution is 0.263. The zero-order chi connectivity index (χ0) is 14.8. The molecular formula is C17H28N2O. The number of methoxy groups -OCH3 is 1. The lowest BCUT2D eigenvalue weighted by Crippen LogP contribution is -2.36. The van der Waals surface area contributed by atoms with E-state index in [9.17, 15) is 0 Å². The molecule has 1 saturated heterocycles. The van der Waals surface area contributed by atoms with Crippen LogP contribution >= 0.6 is 0 Å². The van der Waals surface area contributed by atoms with Crippen molar-refractivity contribution in [3.63, 3.8) is 0 Å². The van der Waals surface area contributed by atoms with Crippen LogP contribution in [0.2, 0.25) is 0 Å². The predicted octanol–water partition coefficient (Wildman–Crippen LogP) is 3.50. The highest BCUT2D eigenvalue weighted by Crippen LogP contribution is 2.32. The van der Waals surface area contributed by atoms with Crippen molar-refractivity contribution in [2.75, 3.05) is 32.6 Å². The number of rotatable bonds is 3. The fourth-order valence-corrected chi connectivity index (χ4v) is 2.66. The number of ether oxygens (including phenoxy) is 1. The van der Waals surface area contributed by atoms with Crippen molar-refractivity contribution in [3.05, 3.63) is 23.8 Å². The second-order valence-corrected chi connectivity index (χ2v) is 6.89. The summed E-state index contributed by atoms with van der Waals surface area (Å²) in [6.07, 6.45) is 2.39. The van der Waals surface area contributed by atoms with E-state index in [4.69, 9.17) is 4.74 Å². The van der Waals surface area contributed by atoms with Crippen LogP contribution < -0.4 is 10.1 Å². The van der Waals surface area contributed by atoms with Crippen LogP contribution in [0.4, 0.5) is 5.69 Å². The van der Waals surface area contributed by atoms with E-state index in [0.717, 1.165) is 11.4 Å². The molecule has 0 amide bonds. The molecule has 0 bridgehead atoms. The fourth-order valence-electron chi connectivity index (χ4n) is 2.66. The molecule has 0 aromatic heterocycles. The number of benzene rings is 1. The molecule has 0 atom stereocenters. The van der Waals surface area contributed by atoms with Crippen LogP contribution in [0.3, 0.4) is 0 Å². The summed E-state index contributed by atoms with van der Waals surface area (Å²) in [5.74, 6) is 0.942. The maximum absolute atomic E-state index is 5.50. The molecule has 0 aliphatic carbocycles. The fraction of sp³-hybridized carbons (Fsp3) is 0.647. The molecule has 1 aliphatic heterocycles. The van der Waals surface area contributed by atoms with Crippen molar-refractivity contribution >= 4 is 5.69 Å². The molecule has 3 nitrogen and oxygen atoms in total. The molecule has 0 saturated carbocycles. The van der Waals surface area contributed by atoms with E-state index in [1.54, 1.807) is 7.11 Å². The summed E-state index contributed by atoms with van der Waals surface area (Å²) in [5, 5.41) is 3.68. The Kier molecular flexibility index (Phi) is 4.59. The topological polar surface area (TPSA) is 24.5 Å². The summed E-state index contributed by atoms with van der Waals surface area (Å²) in [6.45, 7) is 9.06. The van der Waals surface area contributed by atoms with E-state index in [0.29, 0.717) is 6.04 Å². The van der Waals surface area contributed by atoms with Gasteiger partial charge < -0.3 is 15.0 Å². The van der Waals surface area contributed by atoms with Gasteiger partial charge in [0, 0.05) is 6.04 Å². The molecule has 0 radical (unpaired) electrons. The first kappa shape index (κ1) is 15.2. The Labute approximate surface area is 123 Å². The molecule has 1 aromatic carbocycles. The number of piperidine rings is 1. The number of likely N-dealkylation sites (tertiary alicyclic amines) is 1. The Morgan fingerprint density at radius 3 is 2.40 bits per heavy atom. The van der Waals surface area contributed by atoms with Gasteiger partial charge in [-0.15, -0.1) is 0 Å². The zero-order valence-electron chi connectivity index (χ0n) is 13.5. The minimum Gasteiger partial charge on any atom is -0.495 e. The molecule has 1 N–H and O–H groups in total. The highest BCUT2D eigenvalue weighted by molar-refractivity contribution is 5.59.